The van der Waals surface area contributed by atoms with E-state index in [0.717, 1.165) is 60.7 Å². The number of fused-ring (bicyclic) bond motifs is 5. The average Bonchev–Trinajstić information content (AvgIpc) is 3.39. The zero-order chi connectivity index (χ0) is 34.3. The van der Waals surface area contributed by atoms with Gasteiger partial charge in [0, 0.05) is 6.61 Å². The molecule has 0 aromatic heterocycles. The zero-order valence-corrected chi connectivity index (χ0v) is 33.0. The van der Waals surface area contributed by atoms with Gasteiger partial charge in [0.1, 0.15) is 0 Å². The van der Waals surface area contributed by atoms with Gasteiger partial charge in [0.2, 0.25) is 0 Å². The Morgan fingerprint density at radius 3 is 1.77 bits per heavy atom. The lowest BCUT2D eigenvalue weighted by Gasteiger charge is -2.58. The van der Waals surface area contributed by atoms with Crippen LogP contribution in [0.1, 0.15) is 209 Å². The number of hydrogen-bond acceptors (Lipinski definition) is 2. The molecular formula is C45H84O2. The number of aliphatic hydroxyl groups excluding tert-OH is 2. The predicted molar refractivity (Wildman–Crippen MR) is 206 cm³/mol. The third-order valence-corrected chi connectivity index (χ3v) is 14.2. The smallest absolute Gasteiger partial charge is 0.0577 e. The van der Waals surface area contributed by atoms with E-state index in [1.54, 1.807) is 5.57 Å². The summed E-state index contributed by atoms with van der Waals surface area (Å²) in [6.07, 6.45) is 36.4. The van der Waals surface area contributed by atoms with E-state index < -0.39 is 0 Å². The van der Waals surface area contributed by atoms with Gasteiger partial charge in [0.25, 0.3) is 0 Å². The third kappa shape index (κ3) is 12.4. The SMILES string of the molecule is CC(C)CCCC(C)[C@H]1CC[C@H]2[C@@H]3CC=C4C[C@@H](O)CC[C@]4(C)[C@H]3CC[C@]12C.CC(C)CCCCCCCCCCCCCCCO. The van der Waals surface area contributed by atoms with Gasteiger partial charge >= 0.3 is 0 Å². The van der Waals surface area contributed by atoms with Gasteiger partial charge in [-0.05, 0) is 110 Å². The molecule has 0 amide bonds. The minimum atomic E-state index is -0.0766. The highest BCUT2D eigenvalue weighted by Crippen LogP contribution is 2.67. The monoisotopic (exact) mass is 657 g/mol. The van der Waals surface area contributed by atoms with Crippen molar-refractivity contribution >= 4 is 0 Å². The fraction of sp³-hybridized carbons (Fsp3) is 0.956. The van der Waals surface area contributed by atoms with Crippen molar-refractivity contribution in [2.24, 2.45) is 52.3 Å². The summed E-state index contributed by atoms with van der Waals surface area (Å²) in [7, 11) is 0. The Kier molecular flexibility index (Phi) is 18.5. The first kappa shape index (κ1) is 41.1. The van der Waals surface area contributed by atoms with Crippen LogP contribution in [0.15, 0.2) is 11.6 Å². The quantitative estimate of drug-likeness (QED) is 0.101. The Morgan fingerprint density at radius 1 is 0.638 bits per heavy atom. The van der Waals surface area contributed by atoms with Crippen molar-refractivity contribution in [3.8, 4) is 0 Å². The van der Waals surface area contributed by atoms with Gasteiger partial charge < -0.3 is 10.2 Å². The van der Waals surface area contributed by atoms with Crippen LogP contribution in [0, 0.1) is 52.3 Å². The molecule has 0 saturated heterocycles. The van der Waals surface area contributed by atoms with Gasteiger partial charge in [-0.25, -0.2) is 0 Å². The van der Waals surface area contributed by atoms with Crippen LogP contribution in [-0.2, 0) is 0 Å². The summed E-state index contributed by atoms with van der Waals surface area (Å²) in [6.45, 7) is 17.6. The summed E-state index contributed by atoms with van der Waals surface area (Å²) in [5.74, 6) is 6.34. The lowest BCUT2D eigenvalue weighted by atomic mass is 9.47. The molecule has 276 valence electrons. The topological polar surface area (TPSA) is 40.5 Å². The van der Waals surface area contributed by atoms with Crippen molar-refractivity contribution in [2.45, 2.75) is 215 Å². The fourth-order valence-electron chi connectivity index (χ4n) is 11.3. The van der Waals surface area contributed by atoms with Crippen molar-refractivity contribution in [1.82, 2.24) is 0 Å². The summed E-state index contributed by atoms with van der Waals surface area (Å²) in [4.78, 5) is 0. The van der Waals surface area contributed by atoms with Crippen LogP contribution in [0.25, 0.3) is 0 Å². The number of aliphatic hydroxyl groups is 2. The Hall–Kier alpha value is -0.340. The van der Waals surface area contributed by atoms with Crippen molar-refractivity contribution in [3.63, 3.8) is 0 Å². The maximum atomic E-state index is 10.2. The standard InChI is InChI=1S/C27H46O.C18H38O/c1-18(2)7-6-8-19(3)23-11-12-24-22-10-9-20-17-21(28)13-15-26(20,4)25(22)14-16-27(23,24)5;1-18(2)16-14-12-10-8-6-4-3-5-7-9-11-13-15-17-19/h9,18-19,21-25,28H,6-8,10-17H2,1-5H3;18-19H,3-17H2,1-2H3/t19?,21-,22-,23+,24-,25-,26-,27+;/m0./s1. The van der Waals surface area contributed by atoms with Crippen molar-refractivity contribution in [3.05, 3.63) is 11.6 Å². The Balaban J connectivity index is 0.000000279. The van der Waals surface area contributed by atoms with Crippen molar-refractivity contribution in [1.29, 1.82) is 0 Å². The highest BCUT2D eigenvalue weighted by atomic mass is 16.3. The van der Waals surface area contributed by atoms with Crippen LogP contribution < -0.4 is 0 Å². The predicted octanol–water partition coefficient (Wildman–Crippen LogP) is 13.5. The first-order valence-electron chi connectivity index (χ1n) is 21.5. The highest BCUT2D eigenvalue weighted by molar-refractivity contribution is 5.25. The van der Waals surface area contributed by atoms with E-state index in [9.17, 15) is 5.11 Å². The van der Waals surface area contributed by atoms with Crippen LogP contribution in [0.3, 0.4) is 0 Å². The van der Waals surface area contributed by atoms with E-state index in [0.29, 0.717) is 17.4 Å². The molecule has 0 bridgehead atoms. The molecule has 4 aliphatic carbocycles. The lowest BCUT2D eigenvalue weighted by molar-refractivity contribution is -0.0573. The highest BCUT2D eigenvalue weighted by Gasteiger charge is 2.59. The first-order valence-corrected chi connectivity index (χ1v) is 21.5. The summed E-state index contributed by atoms with van der Waals surface area (Å²) in [6, 6.07) is 0. The van der Waals surface area contributed by atoms with Crippen molar-refractivity contribution in [2.75, 3.05) is 6.61 Å². The Labute approximate surface area is 295 Å². The van der Waals surface area contributed by atoms with Gasteiger partial charge in [0.05, 0.1) is 6.10 Å². The van der Waals surface area contributed by atoms with E-state index in [4.69, 9.17) is 5.11 Å². The molecule has 0 radical (unpaired) electrons. The zero-order valence-electron chi connectivity index (χ0n) is 33.0. The number of rotatable bonds is 20. The third-order valence-electron chi connectivity index (χ3n) is 14.2. The lowest BCUT2D eigenvalue weighted by Crippen LogP contribution is -2.50. The average molecular weight is 657 g/mol. The Bertz CT molecular complexity index is 860. The molecule has 47 heavy (non-hydrogen) atoms. The molecule has 0 aliphatic heterocycles. The summed E-state index contributed by atoms with van der Waals surface area (Å²) < 4.78 is 0. The maximum absolute atomic E-state index is 10.2. The van der Waals surface area contributed by atoms with Gasteiger partial charge in [-0.1, -0.05) is 163 Å². The van der Waals surface area contributed by atoms with Gasteiger partial charge in [-0.3, -0.25) is 0 Å². The summed E-state index contributed by atoms with van der Waals surface area (Å²) in [5, 5.41) is 18.9. The molecular weight excluding hydrogens is 572 g/mol. The molecule has 2 nitrogen and oxygen atoms in total. The fourth-order valence-corrected chi connectivity index (χ4v) is 11.3. The second-order valence-electron chi connectivity index (χ2n) is 18.7. The van der Waals surface area contributed by atoms with Crippen LogP contribution in [-0.4, -0.2) is 22.9 Å². The maximum Gasteiger partial charge on any atom is 0.0577 e. The van der Waals surface area contributed by atoms with Crippen LogP contribution in [0.4, 0.5) is 0 Å². The number of unbranched alkanes of at least 4 members (excludes halogenated alkanes) is 12. The molecule has 3 saturated carbocycles. The molecule has 2 N–H and O–H groups in total. The van der Waals surface area contributed by atoms with E-state index >= 15 is 0 Å². The normalized spacial score (nSPS) is 32.3. The van der Waals surface area contributed by atoms with Crippen LogP contribution in [0.5, 0.6) is 0 Å². The van der Waals surface area contributed by atoms with E-state index in [2.05, 4.69) is 54.5 Å². The van der Waals surface area contributed by atoms with E-state index in [1.807, 2.05) is 0 Å². The van der Waals surface area contributed by atoms with Gasteiger partial charge in [-0.15, -0.1) is 0 Å². The Morgan fingerprint density at radius 2 is 1.19 bits per heavy atom. The van der Waals surface area contributed by atoms with Gasteiger partial charge in [-0.2, -0.15) is 0 Å². The van der Waals surface area contributed by atoms with Crippen LogP contribution >= 0.6 is 0 Å². The second kappa shape index (κ2) is 21.1. The molecule has 8 atom stereocenters. The summed E-state index contributed by atoms with van der Waals surface area (Å²) >= 11 is 0. The number of allylic oxidation sites excluding steroid dienone is 1. The van der Waals surface area contributed by atoms with Gasteiger partial charge in [0.15, 0.2) is 0 Å². The molecule has 4 rings (SSSR count). The summed E-state index contributed by atoms with van der Waals surface area (Å²) in [5.41, 5.74) is 2.60. The minimum Gasteiger partial charge on any atom is -0.396 e. The molecule has 4 aliphatic rings. The first-order chi connectivity index (χ1) is 22.5. The number of hydrogen-bond donors (Lipinski definition) is 2. The van der Waals surface area contributed by atoms with E-state index in [-0.39, 0.29) is 6.10 Å². The van der Waals surface area contributed by atoms with E-state index in [1.165, 1.54) is 141 Å². The largest absolute Gasteiger partial charge is 0.396 e. The molecule has 0 aromatic rings. The molecule has 0 aromatic carbocycles. The molecule has 0 spiro atoms. The van der Waals surface area contributed by atoms with Crippen LogP contribution in [0.2, 0.25) is 0 Å². The molecule has 3 fully saturated rings. The van der Waals surface area contributed by atoms with Crippen molar-refractivity contribution < 1.29 is 10.2 Å². The molecule has 2 heteroatoms. The molecule has 0 heterocycles. The molecule has 1 unspecified atom stereocenters. The minimum absolute atomic E-state index is 0.0766. The second-order valence-corrected chi connectivity index (χ2v) is 18.7.